The smallest absolute Gasteiger partial charge is 0.0629 e. The number of hydrogen-bond donors (Lipinski definition) is 2. The van der Waals surface area contributed by atoms with Crippen molar-refractivity contribution in [2.24, 2.45) is 5.73 Å². The van der Waals surface area contributed by atoms with E-state index in [1.807, 2.05) is 6.92 Å². The van der Waals surface area contributed by atoms with Gasteiger partial charge < -0.3 is 10.5 Å². The van der Waals surface area contributed by atoms with Crippen molar-refractivity contribution < 1.29 is 4.74 Å². The SMILES string of the molecule is CCC(C)OC[C@@H](N)CS. The summed E-state index contributed by atoms with van der Waals surface area (Å²) >= 11 is 4.04. The molecule has 0 saturated heterocycles. The highest BCUT2D eigenvalue weighted by molar-refractivity contribution is 7.80. The molecule has 62 valence electrons. The van der Waals surface area contributed by atoms with Crippen LogP contribution in [-0.4, -0.2) is 24.5 Å². The third-order valence-electron chi connectivity index (χ3n) is 1.40. The maximum absolute atomic E-state index is 5.57. The topological polar surface area (TPSA) is 35.2 Å². The largest absolute Gasteiger partial charge is 0.377 e. The van der Waals surface area contributed by atoms with E-state index in [0.29, 0.717) is 18.5 Å². The van der Waals surface area contributed by atoms with Crippen LogP contribution >= 0.6 is 12.6 Å². The minimum absolute atomic E-state index is 0.0809. The zero-order valence-corrected chi connectivity index (χ0v) is 7.60. The summed E-state index contributed by atoms with van der Waals surface area (Å²) in [5.41, 5.74) is 5.57. The molecule has 1 unspecified atom stereocenters. The standard InChI is InChI=1S/C7H17NOS/c1-3-6(2)9-4-7(8)5-10/h6-7,10H,3-5,8H2,1-2H3/t6?,7-/m1/s1. The van der Waals surface area contributed by atoms with E-state index in [-0.39, 0.29) is 6.04 Å². The number of ether oxygens (including phenoxy) is 1. The van der Waals surface area contributed by atoms with Gasteiger partial charge in [0.05, 0.1) is 12.7 Å². The predicted octanol–water partition coefficient (Wildman–Crippen LogP) is 1.06. The molecular formula is C7H17NOS. The molecule has 0 amide bonds. The molecule has 0 aromatic heterocycles. The first-order chi connectivity index (χ1) is 4.70. The quantitative estimate of drug-likeness (QED) is 0.594. The molecule has 2 N–H and O–H groups in total. The Hall–Kier alpha value is 0.270. The van der Waals surface area contributed by atoms with Gasteiger partial charge in [-0.2, -0.15) is 12.6 Å². The zero-order chi connectivity index (χ0) is 7.98. The average molecular weight is 163 g/mol. The van der Waals surface area contributed by atoms with E-state index in [4.69, 9.17) is 10.5 Å². The fourth-order valence-electron chi connectivity index (χ4n) is 0.458. The molecule has 0 aromatic rings. The lowest BCUT2D eigenvalue weighted by molar-refractivity contribution is 0.0574. The van der Waals surface area contributed by atoms with Gasteiger partial charge in [0.15, 0.2) is 0 Å². The molecule has 0 saturated carbocycles. The van der Waals surface area contributed by atoms with Crippen LogP contribution in [-0.2, 0) is 4.74 Å². The average Bonchev–Trinajstić information content (AvgIpc) is 1.99. The van der Waals surface area contributed by atoms with Gasteiger partial charge in [-0.1, -0.05) is 6.92 Å². The summed E-state index contributed by atoms with van der Waals surface area (Å²) in [5.74, 6) is 0.691. The first kappa shape index (κ1) is 10.3. The minimum Gasteiger partial charge on any atom is -0.377 e. The Balaban J connectivity index is 3.17. The summed E-state index contributed by atoms with van der Waals surface area (Å²) in [6.45, 7) is 4.76. The zero-order valence-electron chi connectivity index (χ0n) is 6.71. The molecule has 0 heterocycles. The minimum atomic E-state index is 0.0809. The van der Waals surface area contributed by atoms with Gasteiger partial charge in [0.25, 0.3) is 0 Å². The van der Waals surface area contributed by atoms with E-state index >= 15 is 0 Å². The second-order valence-corrected chi connectivity index (χ2v) is 2.86. The van der Waals surface area contributed by atoms with Crippen LogP contribution in [0.25, 0.3) is 0 Å². The lowest BCUT2D eigenvalue weighted by atomic mass is 10.3. The van der Waals surface area contributed by atoms with Crippen molar-refractivity contribution in [1.82, 2.24) is 0 Å². The maximum Gasteiger partial charge on any atom is 0.0629 e. The Morgan fingerprint density at radius 3 is 2.60 bits per heavy atom. The first-order valence-electron chi connectivity index (χ1n) is 3.68. The van der Waals surface area contributed by atoms with Gasteiger partial charge in [0, 0.05) is 11.8 Å². The molecule has 2 nitrogen and oxygen atoms in total. The van der Waals surface area contributed by atoms with Crippen molar-refractivity contribution in [2.45, 2.75) is 32.4 Å². The van der Waals surface area contributed by atoms with Gasteiger partial charge in [-0.3, -0.25) is 0 Å². The highest BCUT2D eigenvalue weighted by Crippen LogP contribution is 1.96. The van der Waals surface area contributed by atoms with Crippen molar-refractivity contribution in [3.8, 4) is 0 Å². The Morgan fingerprint density at radius 2 is 2.20 bits per heavy atom. The summed E-state index contributed by atoms with van der Waals surface area (Å²) in [6.07, 6.45) is 1.37. The van der Waals surface area contributed by atoms with Crippen molar-refractivity contribution in [1.29, 1.82) is 0 Å². The van der Waals surface area contributed by atoms with Crippen molar-refractivity contribution in [2.75, 3.05) is 12.4 Å². The molecule has 10 heavy (non-hydrogen) atoms. The number of nitrogens with two attached hydrogens (primary N) is 1. The molecule has 2 atom stereocenters. The van der Waals surface area contributed by atoms with E-state index in [2.05, 4.69) is 19.6 Å². The van der Waals surface area contributed by atoms with E-state index in [1.165, 1.54) is 0 Å². The molecule has 0 rings (SSSR count). The number of hydrogen-bond acceptors (Lipinski definition) is 3. The Morgan fingerprint density at radius 1 is 1.60 bits per heavy atom. The van der Waals surface area contributed by atoms with Crippen LogP contribution < -0.4 is 5.73 Å². The summed E-state index contributed by atoms with van der Waals surface area (Å²) in [5, 5.41) is 0. The predicted molar refractivity (Wildman–Crippen MR) is 47.5 cm³/mol. The van der Waals surface area contributed by atoms with E-state index < -0.39 is 0 Å². The summed E-state index contributed by atoms with van der Waals surface area (Å²) < 4.78 is 5.37. The van der Waals surface area contributed by atoms with E-state index in [9.17, 15) is 0 Å². The molecule has 0 spiro atoms. The molecule has 0 aliphatic heterocycles. The molecule has 0 bridgehead atoms. The van der Waals surface area contributed by atoms with Crippen LogP contribution in [0.2, 0.25) is 0 Å². The molecule has 0 radical (unpaired) electrons. The maximum atomic E-state index is 5.57. The van der Waals surface area contributed by atoms with Crippen molar-refractivity contribution >= 4 is 12.6 Å². The molecule has 0 aliphatic rings. The Labute approximate surface area is 68.5 Å². The van der Waals surface area contributed by atoms with E-state index in [1.54, 1.807) is 0 Å². The highest BCUT2D eigenvalue weighted by atomic mass is 32.1. The second-order valence-electron chi connectivity index (χ2n) is 2.49. The Bertz CT molecular complexity index is 70.0. The van der Waals surface area contributed by atoms with Gasteiger partial charge in [0.1, 0.15) is 0 Å². The fourth-order valence-corrected chi connectivity index (χ4v) is 0.564. The lowest BCUT2D eigenvalue weighted by Gasteiger charge is -2.13. The fraction of sp³-hybridized carbons (Fsp3) is 1.00. The van der Waals surface area contributed by atoms with Crippen LogP contribution in [0.1, 0.15) is 20.3 Å². The molecule has 0 fully saturated rings. The van der Waals surface area contributed by atoms with Gasteiger partial charge in [-0.15, -0.1) is 0 Å². The first-order valence-corrected chi connectivity index (χ1v) is 4.32. The Kier molecular flexibility index (Phi) is 6.17. The molecule has 0 aliphatic carbocycles. The third-order valence-corrected chi connectivity index (χ3v) is 1.87. The number of rotatable bonds is 5. The van der Waals surface area contributed by atoms with Crippen LogP contribution in [0, 0.1) is 0 Å². The van der Waals surface area contributed by atoms with Gasteiger partial charge in [-0.05, 0) is 13.3 Å². The monoisotopic (exact) mass is 163 g/mol. The van der Waals surface area contributed by atoms with E-state index in [0.717, 1.165) is 6.42 Å². The second kappa shape index (κ2) is 6.01. The van der Waals surface area contributed by atoms with Crippen LogP contribution in [0.4, 0.5) is 0 Å². The van der Waals surface area contributed by atoms with Crippen LogP contribution in [0.15, 0.2) is 0 Å². The highest BCUT2D eigenvalue weighted by Gasteiger charge is 2.02. The third kappa shape index (κ3) is 5.09. The summed E-state index contributed by atoms with van der Waals surface area (Å²) in [7, 11) is 0. The van der Waals surface area contributed by atoms with Crippen molar-refractivity contribution in [3.05, 3.63) is 0 Å². The van der Waals surface area contributed by atoms with Crippen LogP contribution in [0.5, 0.6) is 0 Å². The normalized spacial score (nSPS) is 16.8. The van der Waals surface area contributed by atoms with Gasteiger partial charge >= 0.3 is 0 Å². The summed E-state index contributed by atoms with van der Waals surface area (Å²) in [4.78, 5) is 0. The molecular weight excluding hydrogens is 146 g/mol. The number of thiol groups is 1. The molecule has 3 heteroatoms. The molecule has 0 aromatic carbocycles. The summed E-state index contributed by atoms with van der Waals surface area (Å²) in [6, 6.07) is 0.0809. The van der Waals surface area contributed by atoms with Gasteiger partial charge in [-0.25, -0.2) is 0 Å². The van der Waals surface area contributed by atoms with Gasteiger partial charge in [0.2, 0.25) is 0 Å². The van der Waals surface area contributed by atoms with Crippen molar-refractivity contribution in [3.63, 3.8) is 0 Å². The van der Waals surface area contributed by atoms with Crippen LogP contribution in [0.3, 0.4) is 0 Å². The lowest BCUT2D eigenvalue weighted by Crippen LogP contribution is -2.29.